The van der Waals surface area contributed by atoms with Gasteiger partial charge in [0.2, 0.25) is 0 Å². The van der Waals surface area contributed by atoms with Crippen molar-refractivity contribution in [3.8, 4) is 11.8 Å². The zero-order valence-corrected chi connectivity index (χ0v) is 10.9. The summed E-state index contributed by atoms with van der Waals surface area (Å²) in [6, 6.07) is 8.57. The van der Waals surface area contributed by atoms with E-state index >= 15 is 0 Å². The molecule has 7 heteroatoms. The van der Waals surface area contributed by atoms with E-state index in [2.05, 4.69) is 15.5 Å². The van der Waals surface area contributed by atoms with E-state index in [1.165, 1.54) is 0 Å². The first-order chi connectivity index (χ1) is 9.69. The number of carbonyl (C=O) groups excluding carboxylic acids is 1. The summed E-state index contributed by atoms with van der Waals surface area (Å²) in [7, 11) is 1.80. The monoisotopic (exact) mass is 271 g/mol. The van der Waals surface area contributed by atoms with Gasteiger partial charge in [0.25, 0.3) is 5.91 Å². The molecule has 2 aromatic rings. The number of nitriles is 1. The molecule has 1 aromatic heterocycles. The molecule has 0 spiro atoms. The Hall–Kier alpha value is -2.88. The fourth-order valence-corrected chi connectivity index (χ4v) is 1.47. The number of benzene rings is 1. The Morgan fingerprint density at radius 2 is 2.20 bits per heavy atom. The van der Waals surface area contributed by atoms with Gasteiger partial charge >= 0.3 is 0 Å². The molecule has 1 aromatic carbocycles. The molecule has 0 unspecified atom stereocenters. The minimum absolute atomic E-state index is 0.0935. The van der Waals surface area contributed by atoms with Crippen molar-refractivity contribution in [1.29, 1.82) is 5.26 Å². The number of amides is 1. The van der Waals surface area contributed by atoms with Crippen LogP contribution in [0.4, 0.5) is 0 Å². The molecule has 2 rings (SSSR count). The Labute approximate surface area is 115 Å². The van der Waals surface area contributed by atoms with E-state index in [1.807, 2.05) is 6.07 Å². The number of hydrogen-bond donors (Lipinski definition) is 1. The minimum Gasteiger partial charge on any atom is -0.484 e. The lowest BCUT2D eigenvalue weighted by Crippen LogP contribution is -2.29. The first-order valence-corrected chi connectivity index (χ1v) is 5.91. The minimum atomic E-state index is -0.252. The zero-order valence-electron chi connectivity index (χ0n) is 10.9. The maximum absolute atomic E-state index is 11.6. The quantitative estimate of drug-likeness (QED) is 0.848. The number of hydrogen-bond acceptors (Lipinski definition) is 5. The highest BCUT2D eigenvalue weighted by atomic mass is 16.5. The van der Waals surface area contributed by atoms with Crippen molar-refractivity contribution in [3.05, 3.63) is 42.0 Å². The number of aromatic nitrogens is 3. The predicted octanol–water partition coefficient (Wildman–Crippen LogP) is 0.382. The van der Waals surface area contributed by atoms with Crippen molar-refractivity contribution in [2.24, 2.45) is 7.05 Å². The fraction of sp³-hybridized carbons (Fsp3) is 0.231. The summed E-state index contributed by atoms with van der Waals surface area (Å²) in [5.74, 6) is 0.951. The number of ether oxygens (including phenoxy) is 1. The first-order valence-electron chi connectivity index (χ1n) is 5.91. The normalized spacial score (nSPS) is 9.80. The maximum Gasteiger partial charge on any atom is 0.258 e. The lowest BCUT2D eigenvalue weighted by molar-refractivity contribution is -0.123. The Morgan fingerprint density at radius 1 is 1.45 bits per heavy atom. The molecule has 7 nitrogen and oxygen atoms in total. The van der Waals surface area contributed by atoms with Gasteiger partial charge in [0, 0.05) is 7.05 Å². The van der Waals surface area contributed by atoms with Crippen LogP contribution in [0.5, 0.6) is 5.75 Å². The van der Waals surface area contributed by atoms with E-state index in [0.717, 1.165) is 0 Å². The second-order valence-corrected chi connectivity index (χ2v) is 4.06. The van der Waals surface area contributed by atoms with Gasteiger partial charge in [-0.1, -0.05) is 0 Å². The third kappa shape index (κ3) is 3.55. The predicted molar refractivity (Wildman–Crippen MR) is 69.5 cm³/mol. The Morgan fingerprint density at radius 3 is 2.80 bits per heavy atom. The third-order valence-corrected chi connectivity index (χ3v) is 2.60. The molecule has 0 atom stereocenters. The molecule has 0 bridgehead atoms. The molecular formula is C13H13N5O2. The molecule has 0 aliphatic heterocycles. The standard InChI is InChI=1S/C13H13N5O2/c1-18-9-16-17-12(18)7-15-13(19)8-20-11-4-2-10(6-14)3-5-11/h2-5,9H,7-8H2,1H3,(H,15,19). The summed E-state index contributed by atoms with van der Waals surface area (Å²) in [6.07, 6.45) is 1.56. The average molecular weight is 271 g/mol. The molecule has 1 amide bonds. The summed E-state index contributed by atoms with van der Waals surface area (Å²) in [5.41, 5.74) is 0.545. The molecule has 0 radical (unpaired) electrons. The molecule has 1 N–H and O–H groups in total. The highest BCUT2D eigenvalue weighted by molar-refractivity contribution is 5.77. The van der Waals surface area contributed by atoms with Crippen LogP contribution in [0.2, 0.25) is 0 Å². The van der Waals surface area contributed by atoms with Crippen molar-refractivity contribution in [2.45, 2.75) is 6.54 Å². The van der Waals surface area contributed by atoms with E-state index in [1.54, 1.807) is 42.2 Å². The highest BCUT2D eigenvalue weighted by Crippen LogP contribution is 2.11. The van der Waals surface area contributed by atoms with Gasteiger partial charge in [-0.3, -0.25) is 4.79 Å². The van der Waals surface area contributed by atoms with Crippen molar-refractivity contribution in [1.82, 2.24) is 20.1 Å². The van der Waals surface area contributed by atoms with Crippen LogP contribution in [0.25, 0.3) is 0 Å². The lowest BCUT2D eigenvalue weighted by Gasteiger charge is -2.07. The second kappa shape index (κ2) is 6.33. The molecule has 20 heavy (non-hydrogen) atoms. The number of rotatable bonds is 5. The van der Waals surface area contributed by atoms with Crippen molar-refractivity contribution < 1.29 is 9.53 Å². The van der Waals surface area contributed by atoms with Gasteiger partial charge in [-0.25, -0.2) is 0 Å². The Bertz CT molecular complexity index is 627. The molecule has 0 saturated heterocycles. The Balaban J connectivity index is 1.77. The highest BCUT2D eigenvalue weighted by Gasteiger charge is 2.05. The third-order valence-electron chi connectivity index (χ3n) is 2.60. The summed E-state index contributed by atoms with van der Waals surface area (Å²) < 4.78 is 7.03. The Kier molecular flexibility index (Phi) is 4.29. The van der Waals surface area contributed by atoms with Gasteiger partial charge in [0.1, 0.15) is 12.1 Å². The van der Waals surface area contributed by atoms with Gasteiger partial charge in [0.05, 0.1) is 18.2 Å². The van der Waals surface area contributed by atoms with Gasteiger partial charge in [0.15, 0.2) is 12.4 Å². The van der Waals surface area contributed by atoms with Crippen LogP contribution in [0.1, 0.15) is 11.4 Å². The van der Waals surface area contributed by atoms with Crippen LogP contribution in [-0.4, -0.2) is 27.3 Å². The number of aryl methyl sites for hydroxylation is 1. The van der Waals surface area contributed by atoms with E-state index < -0.39 is 0 Å². The summed E-state index contributed by atoms with van der Waals surface area (Å²) in [4.78, 5) is 11.6. The number of nitrogens with zero attached hydrogens (tertiary/aromatic N) is 4. The molecule has 0 aliphatic carbocycles. The van der Waals surface area contributed by atoms with Crippen LogP contribution in [0.15, 0.2) is 30.6 Å². The van der Waals surface area contributed by atoms with Crippen LogP contribution < -0.4 is 10.1 Å². The lowest BCUT2D eigenvalue weighted by atomic mass is 10.2. The van der Waals surface area contributed by atoms with Crippen LogP contribution in [0.3, 0.4) is 0 Å². The van der Waals surface area contributed by atoms with Crippen molar-refractivity contribution >= 4 is 5.91 Å². The van der Waals surface area contributed by atoms with Gasteiger partial charge in [-0.2, -0.15) is 5.26 Å². The van der Waals surface area contributed by atoms with Gasteiger partial charge in [-0.05, 0) is 24.3 Å². The fourth-order valence-electron chi connectivity index (χ4n) is 1.47. The topological polar surface area (TPSA) is 92.8 Å². The van der Waals surface area contributed by atoms with Crippen LogP contribution >= 0.6 is 0 Å². The summed E-state index contributed by atoms with van der Waals surface area (Å²) in [6.45, 7) is 0.204. The zero-order chi connectivity index (χ0) is 14.4. The SMILES string of the molecule is Cn1cnnc1CNC(=O)COc1ccc(C#N)cc1. The molecular weight excluding hydrogens is 258 g/mol. The number of carbonyl (C=O) groups is 1. The van der Waals surface area contributed by atoms with E-state index in [0.29, 0.717) is 23.7 Å². The van der Waals surface area contributed by atoms with E-state index in [-0.39, 0.29) is 12.5 Å². The maximum atomic E-state index is 11.6. The summed E-state index contributed by atoms with van der Waals surface area (Å²) in [5, 5.41) is 18.9. The van der Waals surface area contributed by atoms with E-state index in [9.17, 15) is 4.79 Å². The molecule has 0 aliphatic rings. The van der Waals surface area contributed by atoms with Crippen LogP contribution in [-0.2, 0) is 18.4 Å². The second-order valence-electron chi connectivity index (χ2n) is 4.06. The van der Waals surface area contributed by atoms with Gasteiger partial charge < -0.3 is 14.6 Å². The van der Waals surface area contributed by atoms with Crippen LogP contribution in [0, 0.1) is 11.3 Å². The average Bonchev–Trinajstić information content (AvgIpc) is 2.89. The van der Waals surface area contributed by atoms with E-state index in [4.69, 9.17) is 10.00 Å². The number of nitrogens with one attached hydrogen (secondary N) is 1. The largest absolute Gasteiger partial charge is 0.484 e. The molecule has 1 heterocycles. The molecule has 0 saturated carbocycles. The first kappa shape index (κ1) is 13.5. The summed E-state index contributed by atoms with van der Waals surface area (Å²) >= 11 is 0. The van der Waals surface area contributed by atoms with Gasteiger partial charge in [-0.15, -0.1) is 10.2 Å². The van der Waals surface area contributed by atoms with Crippen molar-refractivity contribution in [2.75, 3.05) is 6.61 Å². The molecule has 102 valence electrons. The molecule has 0 fully saturated rings. The smallest absolute Gasteiger partial charge is 0.258 e. The van der Waals surface area contributed by atoms with Crippen molar-refractivity contribution in [3.63, 3.8) is 0 Å².